The molecule has 2 saturated heterocycles. The van der Waals surface area contributed by atoms with Gasteiger partial charge < -0.3 is 4.74 Å². The Kier molecular flexibility index (Phi) is 9.85. The Morgan fingerprint density at radius 3 is 2.24 bits per heavy atom. The first-order valence-corrected chi connectivity index (χ1v) is 15.2. The molecular weight excluding hydrogens is 570 g/mol. The number of halogens is 1. The lowest BCUT2D eigenvalue weighted by molar-refractivity contribution is -0.133. The maximum absolute atomic E-state index is 13.7. The zero-order chi connectivity index (χ0) is 27.0. The van der Waals surface area contributed by atoms with Crippen molar-refractivity contribution in [3.05, 3.63) is 58.6 Å². The van der Waals surface area contributed by atoms with Crippen LogP contribution in [0.4, 0.5) is 0 Å². The number of hydroxylamine groups is 1. The summed E-state index contributed by atoms with van der Waals surface area (Å²) in [5.74, 6) is 5.74. The molecule has 2 aliphatic rings. The molecule has 2 fully saturated rings. The van der Waals surface area contributed by atoms with Crippen LogP contribution in [0.1, 0.15) is 37.7 Å². The van der Waals surface area contributed by atoms with E-state index in [2.05, 4.69) is 37.6 Å². The smallest absolute Gasteiger partial charge is 0.265 e. The fourth-order valence-electron chi connectivity index (χ4n) is 5.04. The van der Waals surface area contributed by atoms with Crippen molar-refractivity contribution < 1.29 is 23.2 Å². The number of benzene rings is 2. The number of sulfone groups is 1. The van der Waals surface area contributed by atoms with Crippen LogP contribution in [0.3, 0.4) is 0 Å². The summed E-state index contributed by atoms with van der Waals surface area (Å²) >= 11 is 3.43. The van der Waals surface area contributed by atoms with E-state index < -0.39 is 20.5 Å². The molecule has 0 bridgehead atoms. The van der Waals surface area contributed by atoms with Crippen molar-refractivity contribution in [2.45, 2.75) is 48.3 Å². The second-order valence-corrected chi connectivity index (χ2v) is 13.0. The van der Waals surface area contributed by atoms with Gasteiger partial charge in [0.1, 0.15) is 12.4 Å². The predicted octanol–water partition coefficient (Wildman–Crippen LogP) is 3.63. The van der Waals surface area contributed by atoms with Crippen LogP contribution in [0, 0.1) is 11.8 Å². The Bertz CT molecular complexity index is 1240. The lowest BCUT2D eigenvalue weighted by Crippen LogP contribution is -2.57. The normalized spacial score (nSPS) is 18.3. The van der Waals surface area contributed by atoms with Crippen molar-refractivity contribution in [2.75, 3.05) is 39.3 Å². The number of rotatable bonds is 8. The minimum Gasteiger partial charge on any atom is -0.481 e. The van der Waals surface area contributed by atoms with Crippen LogP contribution in [-0.4, -0.2) is 73.4 Å². The van der Waals surface area contributed by atoms with Crippen molar-refractivity contribution in [1.82, 2.24) is 15.3 Å². The molecule has 2 N–H and O–H groups in total. The van der Waals surface area contributed by atoms with Gasteiger partial charge in [-0.05, 0) is 80.7 Å². The third-order valence-electron chi connectivity index (χ3n) is 7.33. The average Bonchev–Trinajstić information content (AvgIpc) is 2.95. The Labute approximate surface area is 233 Å². The quantitative estimate of drug-likeness (QED) is 0.270. The van der Waals surface area contributed by atoms with Crippen molar-refractivity contribution in [1.29, 1.82) is 0 Å². The van der Waals surface area contributed by atoms with Crippen LogP contribution < -0.4 is 10.2 Å². The summed E-state index contributed by atoms with van der Waals surface area (Å²) in [6.45, 7) is 4.58. The number of hydrogen-bond donors (Lipinski definition) is 2. The number of nitrogens with one attached hydrogen (secondary N) is 1. The van der Waals surface area contributed by atoms with Gasteiger partial charge in [0.2, 0.25) is 0 Å². The summed E-state index contributed by atoms with van der Waals surface area (Å²) in [5.41, 5.74) is 2.71. The highest BCUT2D eigenvalue weighted by Crippen LogP contribution is 2.37. The molecule has 0 spiro atoms. The number of hydrogen-bond acceptors (Lipinski definition) is 7. The fraction of sp³-hybridized carbons (Fsp3) is 0.464. The van der Waals surface area contributed by atoms with Crippen LogP contribution in [0.2, 0.25) is 0 Å². The van der Waals surface area contributed by atoms with Crippen LogP contribution in [0.5, 0.6) is 5.75 Å². The molecule has 2 aromatic rings. The number of carbonyl (C=O) groups excluding carboxylic acids is 1. The molecule has 2 aliphatic heterocycles. The zero-order valence-electron chi connectivity index (χ0n) is 21.4. The molecule has 4 rings (SSSR count). The highest BCUT2D eigenvalue weighted by molar-refractivity contribution is 9.10. The highest BCUT2D eigenvalue weighted by Gasteiger charge is 2.52. The van der Waals surface area contributed by atoms with E-state index in [9.17, 15) is 18.4 Å². The van der Waals surface area contributed by atoms with Gasteiger partial charge in [-0.2, -0.15) is 0 Å². The van der Waals surface area contributed by atoms with Crippen molar-refractivity contribution >= 4 is 31.7 Å². The minimum atomic E-state index is -4.09. The number of carbonyl (C=O) groups is 1. The largest absolute Gasteiger partial charge is 0.481 e. The molecule has 0 saturated carbocycles. The molecule has 10 heteroatoms. The Morgan fingerprint density at radius 2 is 1.61 bits per heavy atom. The van der Waals surface area contributed by atoms with E-state index in [0.29, 0.717) is 25.4 Å². The molecule has 0 atom stereocenters. The number of piperidine rings is 2. The summed E-state index contributed by atoms with van der Waals surface area (Å²) in [6, 6.07) is 14.0. The molecule has 0 aliphatic carbocycles. The van der Waals surface area contributed by atoms with Gasteiger partial charge >= 0.3 is 0 Å². The zero-order valence-corrected chi connectivity index (χ0v) is 23.8. The topological polar surface area (TPSA) is 99.2 Å². The molecule has 0 unspecified atom stereocenters. The van der Waals surface area contributed by atoms with Crippen molar-refractivity contribution in [2.24, 2.45) is 0 Å². The lowest BCUT2D eigenvalue weighted by Gasteiger charge is -2.39. The van der Waals surface area contributed by atoms with Gasteiger partial charge in [0.05, 0.1) is 11.4 Å². The first-order valence-electron chi connectivity index (χ1n) is 12.9. The monoisotopic (exact) mass is 603 g/mol. The molecule has 2 heterocycles. The first-order chi connectivity index (χ1) is 18.3. The summed E-state index contributed by atoms with van der Waals surface area (Å²) in [7, 11) is -4.09. The van der Waals surface area contributed by atoms with E-state index in [-0.39, 0.29) is 24.3 Å². The van der Waals surface area contributed by atoms with E-state index in [1.165, 1.54) is 31.4 Å². The molecular formula is C28H34BrN3O5S. The Hall–Kier alpha value is -2.42. The van der Waals surface area contributed by atoms with Gasteiger partial charge in [-0.15, -0.1) is 0 Å². The highest BCUT2D eigenvalue weighted by atomic mass is 79.9. The second-order valence-electron chi connectivity index (χ2n) is 9.79. The Balaban J connectivity index is 1.38. The molecule has 1 amide bonds. The Morgan fingerprint density at radius 1 is 0.947 bits per heavy atom. The third kappa shape index (κ3) is 6.77. The van der Waals surface area contributed by atoms with Gasteiger partial charge in [0.25, 0.3) is 5.91 Å². The molecule has 0 radical (unpaired) electrons. The molecule has 2 aromatic carbocycles. The SMILES string of the molecule is O=C(NO)C1(S(=O)(=O)c2ccc(OCC#CCN3CCCCC3)cc2)CCN(Cc2ccc(Br)cc2)CC1. The maximum atomic E-state index is 13.7. The van der Waals surface area contributed by atoms with Crippen LogP contribution >= 0.6 is 15.9 Å². The van der Waals surface area contributed by atoms with E-state index in [1.807, 2.05) is 24.3 Å². The first kappa shape index (κ1) is 28.6. The van der Waals surface area contributed by atoms with E-state index in [0.717, 1.165) is 29.7 Å². The number of ether oxygens (including phenoxy) is 1. The summed E-state index contributed by atoms with van der Waals surface area (Å²) in [6.07, 6.45) is 3.87. The van der Waals surface area contributed by atoms with Crippen LogP contribution in [0.25, 0.3) is 0 Å². The van der Waals surface area contributed by atoms with Gasteiger partial charge in [-0.3, -0.25) is 19.8 Å². The van der Waals surface area contributed by atoms with Crippen LogP contribution in [0.15, 0.2) is 57.9 Å². The predicted molar refractivity (Wildman–Crippen MR) is 149 cm³/mol. The van der Waals surface area contributed by atoms with Crippen molar-refractivity contribution in [3.8, 4) is 17.6 Å². The molecule has 38 heavy (non-hydrogen) atoms. The third-order valence-corrected chi connectivity index (χ3v) is 10.4. The molecule has 204 valence electrons. The summed E-state index contributed by atoms with van der Waals surface area (Å²) in [5, 5.41) is 9.44. The average molecular weight is 605 g/mol. The minimum absolute atomic E-state index is 0.0194. The van der Waals surface area contributed by atoms with E-state index in [1.54, 1.807) is 17.6 Å². The summed E-state index contributed by atoms with van der Waals surface area (Å²) < 4.78 is 32.3. The van der Waals surface area contributed by atoms with Crippen LogP contribution in [-0.2, 0) is 21.2 Å². The fourth-order valence-corrected chi connectivity index (χ4v) is 7.26. The van der Waals surface area contributed by atoms with Gasteiger partial charge in [-0.25, -0.2) is 13.9 Å². The maximum Gasteiger partial charge on any atom is 0.265 e. The standard InChI is InChI=1S/C28H34BrN3O5S/c29-24-8-6-23(7-9-24)22-32-19-14-28(15-20-32,27(33)30-34)38(35,36)26-12-10-25(11-13-26)37-21-5-4-18-31-16-2-1-3-17-31/h6-13,34H,1-3,14-22H2,(H,30,33). The lowest BCUT2D eigenvalue weighted by atomic mass is 9.94. The second kappa shape index (κ2) is 13.1. The van der Waals surface area contributed by atoms with Gasteiger partial charge in [0.15, 0.2) is 14.6 Å². The summed E-state index contributed by atoms with van der Waals surface area (Å²) in [4.78, 5) is 17.3. The van der Waals surface area contributed by atoms with Gasteiger partial charge in [0, 0.05) is 24.1 Å². The van der Waals surface area contributed by atoms with E-state index in [4.69, 9.17) is 4.74 Å². The van der Waals surface area contributed by atoms with Gasteiger partial charge in [-0.1, -0.05) is 46.3 Å². The van der Waals surface area contributed by atoms with Crippen molar-refractivity contribution in [3.63, 3.8) is 0 Å². The number of nitrogens with zero attached hydrogens (tertiary/aromatic N) is 2. The number of likely N-dealkylation sites (tertiary alicyclic amines) is 2. The molecule has 0 aromatic heterocycles. The van der Waals surface area contributed by atoms with E-state index >= 15 is 0 Å². The number of amides is 1. The molecule has 8 nitrogen and oxygen atoms in total.